The van der Waals surface area contributed by atoms with Gasteiger partial charge in [-0.2, -0.15) is 0 Å². The Balaban J connectivity index is 2.16. The number of pyridine rings is 1. The molecule has 0 spiro atoms. The molecule has 0 radical (unpaired) electrons. The van der Waals surface area contributed by atoms with Gasteiger partial charge in [-0.3, -0.25) is 4.79 Å². The molecule has 4 nitrogen and oxygen atoms in total. The Morgan fingerprint density at radius 3 is 2.89 bits per heavy atom. The molecule has 0 aliphatic carbocycles. The Bertz CT molecular complexity index is 479. The van der Waals surface area contributed by atoms with E-state index in [2.05, 4.69) is 9.88 Å². The normalized spacial score (nSPS) is 19.2. The summed E-state index contributed by atoms with van der Waals surface area (Å²) in [5.41, 5.74) is 0.500. The summed E-state index contributed by atoms with van der Waals surface area (Å²) in [7, 11) is 4.03. The Kier molecular flexibility index (Phi) is 4.66. The van der Waals surface area contributed by atoms with Crippen LogP contribution in [0.4, 0.5) is 0 Å². The van der Waals surface area contributed by atoms with Gasteiger partial charge in [0.2, 0.25) is 0 Å². The van der Waals surface area contributed by atoms with E-state index in [9.17, 15) is 4.79 Å². The average Bonchev–Trinajstić information content (AvgIpc) is 2.79. The van der Waals surface area contributed by atoms with E-state index in [1.54, 1.807) is 6.07 Å². The van der Waals surface area contributed by atoms with Crippen molar-refractivity contribution in [3.05, 3.63) is 28.0 Å². The Hall–Kier alpha value is -0.840. The lowest BCUT2D eigenvalue weighted by Gasteiger charge is -2.27. The van der Waals surface area contributed by atoms with Crippen LogP contribution in [0.5, 0.6) is 0 Å². The van der Waals surface area contributed by atoms with Gasteiger partial charge in [-0.15, -0.1) is 0 Å². The second-order valence-corrected chi connectivity index (χ2v) is 5.82. The number of hydrogen-bond donors (Lipinski definition) is 0. The van der Waals surface area contributed by atoms with Crippen molar-refractivity contribution in [2.75, 3.05) is 27.2 Å². The third-order valence-corrected chi connectivity index (χ3v) is 3.94. The molecule has 1 aliphatic rings. The number of likely N-dealkylation sites (tertiary alicyclic amines) is 1. The van der Waals surface area contributed by atoms with Crippen LogP contribution >= 0.6 is 23.2 Å². The monoisotopic (exact) mass is 301 g/mol. The van der Waals surface area contributed by atoms with Gasteiger partial charge in [-0.05, 0) is 33.0 Å². The topological polar surface area (TPSA) is 36.4 Å². The fraction of sp³-hybridized carbons (Fsp3) is 0.538. The summed E-state index contributed by atoms with van der Waals surface area (Å²) in [5.74, 6) is -0.0181. The standard InChI is InChI=1S/C13H17Cl2N3O/c1-17(2)8-10-4-3-5-18(10)13(19)9-6-11(14)12(15)16-7-9/h6-7,10H,3-5,8H2,1-2H3. The Morgan fingerprint density at radius 2 is 2.26 bits per heavy atom. The molecule has 1 unspecified atom stereocenters. The molecule has 0 bridgehead atoms. The Morgan fingerprint density at radius 1 is 1.53 bits per heavy atom. The zero-order valence-electron chi connectivity index (χ0n) is 11.1. The number of likely N-dealkylation sites (N-methyl/N-ethyl adjacent to an activating group) is 1. The molecule has 1 aromatic heterocycles. The number of halogens is 2. The van der Waals surface area contributed by atoms with E-state index in [1.807, 2.05) is 19.0 Å². The molecular weight excluding hydrogens is 285 g/mol. The molecule has 2 rings (SSSR count). The maximum Gasteiger partial charge on any atom is 0.255 e. The van der Waals surface area contributed by atoms with Crippen molar-refractivity contribution in [3.63, 3.8) is 0 Å². The smallest absolute Gasteiger partial charge is 0.255 e. The first kappa shape index (κ1) is 14.6. The molecular formula is C13H17Cl2N3O. The molecule has 1 amide bonds. The maximum absolute atomic E-state index is 12.5. The molecule has 1 atom stereocenters. The van der Waals surface area contributed by atoms with Gasteiger partial charge in [-0.25, -0.2) is 4.98 Å². The largest absolute Gasteiger partial charge is 0.334 e. The second kappa shape index (κ2) is 6.07. The van der Waals surface area contributed by atoms with Crippen molar-refractivity contribution in [1.82, 2.24) is 14.8 Å². The predicted octanol–water partition coefficient (Wildman–Crippen LogP) is 2.55. The van der Waals surface area contributed by atoms with Crippen molar-refractivity contribution in [3.8, 4) is 0 Å². The third-order valence-electron chi connectivity index (χ3n) is 3.26. The van der Waals surface area contributed by atoms with E-state index in [-0.39, 0.29) is 17.1 Å². The van der Waals surface area contributed by atoms with Gasteiger partial charge in [-0.1, -0.05) is 23.2 Å². The SMILES string of the molecule is CN(C)CC1CCCN1C(=O)c1cnc(Cl)c(Cl)c1. The summed E-state index contributed by atoms with van der Waals surface area (Å²) in [4.78, 5) is 20.4. The van der Waals surface area contributed by atoms with Crippen molar-refractivity contribution in [2.24, 2.45) is 0 Å². The molecule has 2 heterocycles. The van der Waals surface area contributed by atoms with E-state index < -0.39 is 0 Å². The highest BCUT2D eigenvalue weighted by Crippen LogP contribution is 2.24. The third kappa shape index (κ3) is 3.38. The van der Waals surface area contributed by atoms with Gasteiger partial charge in [0.15, 0.2) is 0 Å². The lowest BCUT2D eigenvalue weighted by Crippen LogP contribution is -2.41. The molecule has 1 saturated heterocycles. The first-order valence-electron chi connectivity index (χ1n) is 6.26. The van der Waals surface area contributed by atoms with Crippen LogP contribution in [0.25, 0.3) is 0 Å². The van der Waals surface area contributed by atoms with Gasteiger partial charge in [0.05, 0.1) is 10.6 Å². The van der Waals surface area contributed by atoms with Gasteiger partial charge < -0.3 is 9.80 Å². The number of carbonyl (C=O) groups is 1. The first-order chi connectivity index (χ1) is 8.99. The fourth-order valence-corrected chi connectivity index (χ4v) is 2.69. The van der Waals surface area contributed by atoms with Crippen LogP contribution in [-0.2, 0) is 0 Å². The molecule has 1 fully saturated rings. The van der Waals surface area contributed by atoms with E-state index in [4.69, 9.17) is 23.2 Å². The van der Waals surface area contributed by atoms with E-state index in [0.717, 1.165) is 25.9 Å². The number of nitrogens with zero attached hydrogens (tertiary/aromatic N) is 3. The molecule has 0 N–H and O–H groups in total. The lowest BCUT2D eigenvalue weighted by atomic mass is 10.2. The summed E-state index contributed by atoms with van der Waals surface area (Å²) < 4.78 is 0. The average molecular weight is 302 g/mol. The summed E-state index contributed by atoms with van der Waals surface area (Å²) >= 11 is 11.7. The molecule has 0 saturated carbocycles. The minimum atomic E-state index is -0.0181. The van der Waals surface area contributed by atoms with Crippen molar-refractivity contribution in [2.45, 2.75) is 18.9 Å². The van der Waals surface area contributed by atoms with Gasteiger partial charge in [0.1, 0.15) is 5.15 Å². The predicted molar refractivity (Wildman–Crippen MR) is 76.9 cm³/mol. The minimum absolute atomic E-state index is 0.0181. The van der Waals surface area contributed by atoms with Crippen molar-refractivity contribution in [1.29, 1.82) is 0 Å². The van der Waals surface area contributed by atoms with Crippen LogP contribution in [0.15, 0.2) is 12.3 Å². The van der Waals surface area contributed by atoms with Gasteiger partial charge in [0.25, 0.3) is 5.91 Å². The van der Waals surface area contributed by atoms with Crippen molar-refractivity contribution >= 4 is 29.1 Å². The van der Waals surface area contributed by atoms with Crippen LogP contribution in [0.3, 0.4) is 0 Å². The van der Waals surface area contributed by atoms with E-state index in [0.29, 0.717) is 10.6 Å². The molecule has 104 valence electrons. The van der Waals surface area contributed by atoms with Crippen LogP contribution < -0.4 is 0 Å². The highest BCUT2D eigenvalue weighted by molar-refractivity contribution is 6.41. The number of hydrogen-bond acceptors (Lipinski definition) is 3. The molecule has 1 aliphatic heterocycles. The van der Waals surface area contributed by atoms with Crippen molar-refractivity contribution < 1.29 is 4.79 Å². The number of rotatable bonds is 3. The molecule has 19 heavy (non-hydrogen) atoms. The number of aromatic nitrogens is 1. The molecule has 0 aromatic carbocycles. The summed E-state index contributed by atoms with van der Waals surface area (Å²) in [6.07, 6.45) is 3.57. The van der Waals surface area contributed by atoms with Gasteiger partial charge >= 0.3 is 0 Å². The second-order valence-electron chi connectivity index (χ2n) is 5.05. The van der Waals surface area contributed by atoms with Crippen LogP contribution in [0.1, 0.15) is 23.2 Å². The van der Waals surface area contributed by atoms with Crippen LogP contribution in [0, 0.1) is 0 Å². The zero-order valence-corrected chi connectivity index (χ0v) is 12.6. The summed E-state index contributed by atoms with van der Waals surface area (Å²) in [5, 5.41) is 0.542. The van der Waals surface area contributed by atoms with Crippen LogP contribution in [0.2, 0.25) is 10.2 Å². The van der Waals surface area contributed by atoms with Gasteiger partial charge in [0, 0.05) is 25.3 Å². The summed E-state index contributed by atoms with van der Waals surface area (Å²) in [6, 6.07) is 1.85. The minimum Gasteiger partial charge on any atom is -0.334 e. The lowest BCUT2D eigenvalue weighted by molar-refractivity contribution is 0.0716. The van der Waals surface area contributed by atoms with E-state index in [1.165, 1.54) is 6.20 Å². The zero-order chi connectivity index (χ0) is 14.0. The quantitative estimate of drug-likeness (QED) is 0.805. The molecule has 6 heteroatoms. The highest BCUT2D eigenvalue weighted by atomic mass is 35.5. The Labute approximate surface area is 123 Å². The molecule has 1 aromatic rings. The maximum atomic E-state index is 12.5. The number of amides is 1. The summed E-state index contributed by atoms with van der Waals surface area (Å²) in [6.45, 7) is 1.66. The first-order valence-corrected chi connectivity index (χ1v) is 7.01. The number of carbonyl (C=O) groups excluding carboxylic acids is 1. The highest BCUT2D eigenvalue weighted by Gasteiger charge is 2.30. The van der Waals surface area contributed by atoms with E-state index >= 15 is 0 Å². The fourth-order valence-electron chi connectivity index (χ4n) is 2.42. The van der Waals surface area contributed by atoms with Crippen LogP contribution in [-0.4, -0.2) is 53.9 Å².